The molecule has 1 fully saturated rings. The average Bonchev–Trinajstić information content (AvgIpc) is 2.13. The van der Waals surface area contributed by atoms with E-state index in [-0.39, 0.29) is 29.5 Å². The van der Waals surface area contributed by atoms with Crippen molar-refractivity contribution in [2.24, 2.45) is 11.8 Å². The molecule has 0 aromatic carbocycles. The molecule has 0 unspecified atom stereocenters. The molecule has 0 heterocycles. The predicted molar refractivity (Wildman–Crippen MR) is 50.8 cm³/mol. The molecule has 1 saturated carbocycles. The first-order chi connectivity index (χ1) is 6.65. The molecule has 0 spiro atoms. The van der Waals surface area contributed by atoms with Crippen LogP contribution in [0.25, 0.3) is 0 Å². The molecule has 3 aliphatic carbocycles. The summed E-state index contributed by atoms with van der Waals surface area (Å²) in [5, 5.41) is 0. The van der Waals surface area contributed by atoms with Crippen LogP contribution in [0.1, 0.15) is 20.3 Å². The van der Waals surface area contributed by atoms with E-state index in [1.165, 1.54) is 0 Å². The van der Waals surface area contributed by atoms with Crippen molar-refractivity contribution in [2.75, 3.05) is 6.61 Å². The first-order valence-electron chi connectivity index (χ1n) is 5.03. The molecule has 3 rings (SSSR count). The highest BCUT2D eigenvalue weighted by molar-refractivity contribution is 6.41. The lowest BCUT2D eigenvalue weighted by Gasteiger charge is -2.38. The van der Waals surface area contributed by atoms with Gasteiger partial charge in [-0.1, -0.05) is 11.6 Å². The molecular formula is C11H14O3. The number of allylic oxidation sites excluding steroid dienone is 1. The zero-order valence-corrected chi connectivity index (χ0v) is 8.45. The fourth-order valence-corrected chi connectivity index (χ4v) is 2.44. The first-order valence-corrected chi connectivity index (χ1v) is 5.03. The zero-order chi connectivity index (χ0) is 10.3. The maximum absolute atomic E-state index is 11.6. The smallest absolute Gasteiger partial charge is 0.208 e. The normalized spacial score (nSPS) is 36.1. The number of carbonyl (C=O) groups is 2. The second kappa shape index (κ2) is 3.31. The molecule has 0 aromatic rings. The van der Waals surface area contributed by atoms with Crippen LogP contribution >= 0.6 is 0 Å². The van der Waals surface area contributed by atoms with E-state index >= 15 is 0 Å². The largest absolute Gasteiger partial charge is 0.377 e. The SMILES string of the molecule is CCO[C@H]1C[C@H]2C=C(C)[C@@H]1C(=O)C2=O. The molecule has 3 nitrogen and oxygen atoms in total. The number of ether oxygens (including phenoxy) is 1. The minimum absolute atomic E-state index is 0.0693. The van der Waals surface area contributed by atoms with Crippen LogP contribution < -0.4 is 0 Å². The fraction of sp³-hybridized carbons (Fsp3) is 0.636. The summed E-state index contributed by atoms with van der Waals surface area (Å²) >= 11 is 0. The minimum atomic E-state index is -0.299. The number of carbonyl (C=O) groups excluding carboxylic acids is 2. The van der Waals surface area contributed by atoms with E-state index < -0.39 is 0 Å². The summed E-state index contributed by atoms with van der Waals surface area (Å²) in [5.41, 5.74) is 1.00. The second-order valence-electron chi connectivity index (χ2n) is 3.95. The lowest BCUT2D eigenvalue weighted by Crippen LogP contribution is -2.48. The monoisotopic (exact) mass is 194 g/mol. The van der Waals surface area contributed by atoms with Crippen LogP contribution in [-0.4, -0.2) is 24.3 Å². The van der Waals surface area contributed by atoms with Gasteiger partial charge in [0.1, 0.15) is 0 Å². The zero-order valence-electron chi connectivity index (χ0n) is 8.45. The molecule has 3 heteroatoms. The summed E-state index contributed by atoms with van der Waals surface area (Å²) < 4.78 is 5.49. The molecule has 3 aliphatic rings. The van der Waals surface area contributed by atoms with Crippen LogP contribution in [0.3, 0.4) is 0 Å². The summed E-state index contributed by atoms with van der Waals surface area (Å²) in [7, 11) is 0. The van der Waals surface area contributed by atoms with Gasteiger partial charge in [0, 0.05) is 12.5 Å². The number of Topliss-reactive ketones (excluding diaryl/α,β-unsaturated/α-hetero) is 2. The quantitative estimate of drug-likeness (QED) is 0.489. The number of ketones is 2. The Hall–Kier alpha value is -0.960. The van der Waals surface area contributed by atoms with Gasteiger partial charge in [-0.3, -0.25) is 9.59 Å². The Labute approximate surface area is 83.1 Å². The van der Waals surface area contributed by atoms with Crippen molar-refractivity contribution in [2.45, 2.75) is 26.4 Å². The molecule has 14 heavy (non-hydrogen) atoms. The van der Waals surface area contributed by atoms with Gasteiger partial charge in [-0.05, 0) is 20.3 Å². The van der Waals surface area contributed by atoms with Crippen LogP contribution in [0, 0.1) is 11.8 Å². The lowest BCUT2D eigenvalue weighted by molar-refractivity contribution is -0.148. The van der Waals surface area contributed by atoms with Gasteiger partial charge >= 0.3 is 0 Å². The highest BCUT2D eigenvalue weighted by Crippen LogP contribution is 2.37. The Morgan fingerprint density at radius 2 is 2.14 bits per heavy atom. The van der Waals surface area contributed by atoms with E-state index in [0.717, 1.165) is 5.57 Å². The van der Waals surface area contributed by atoms with Gasteiger partial charge in [0.05, 0.1) is 12.0 Å². The van der Waals surface area contributed by atoms with Gasteiger partial charge in [0.25, 0.3) is 0 Å². The van der Waals surface area contributed by atoms with E-state index in [1.807, 2.05) is 19.9 Å². The van der Waals surface area contributed by atoms with Gasteiger partial charge in [0.15, 0.2) is 0 Å². The molecule has 0 amide bonds. The van der Waals surface area contributed by atoms with E-state index in [0.29, 0.717) is 13.0 Å². The molecule has 0 aliphatic heterocycles. The van der Waals surface area contributed by atoms with Gasteiger partial charge in [-0.2, -0.15) is 0 Å². The number of fused-ring (bicyclic) bond motifs is 2. The summed E-state index contributed by atoms with van der Waals surface area (Å²) in [5.74, 6) is -0.993. The maximum atomic E-state index is 11.6. The Morgan fingerprint density at radius 3 is 2.71 bits per heavy atom. The summed E-state index contributed by atoms with van der Waals surface area (Å²) in [6, 6.07) is 0. The highest BCUT2D eigenvalue weighted by Gasteiger charge is 2.47. The average molecular weight is 194 g/mol. The highest BCUT2D eigenvalue weighted by atomic mass is 16.5. The first kappa shape index (κ1) is 9.59. The van der Waals surface area contributed by atoms with Crippen molar-refractivity contribution >= 4 is 11.6 Å². The fourth-order valence-electron chi connectivity index (χ4n) is 2.44. The predicted octanol–water partition coefficient (Wildman–Crippen LogP) is 1.13. The molecule has 0 saturated heterocycles. The van der Waals surface area contributed by atoms with Crippen LogP contribution in [-0.2, 0) is 14.3 Å². The van der Waals surface area contributed by atoms with Gasteiger partial charge in [-0.15, -0.1) is 0 Å². The van der Waals surface area contributed by atoms with E-state index in [4.69, 9.17) is 4.74 Å². The van der Waals surface area contributed by atoms with Gasteiger partial charge < -0.3 is 4.74 Å². The van der Waals surface area contributed by atoms with Gasteiger partial charge in [0.2, 0.25) is 11.6 Å². The van der Waals surface area contributed by atoms with E-state index in [9.17, 15) is 9.59 Å². The maximum Gasteiger partial charge on any atom is 0.208 e. The Bertz CT molecular complexity index is 316. The van der Waals surface area contributed by atoms with Crippen LogP contribution in [0.15, 0.2) is 11.6 Å². The standard InChI is InChI=1S/C11H14O3/c1-3-14-8-5-7-4-6(2)9(8)11(13)10(7)12/h4,7-9H,3,5H2,1-2H3/t7-,8+,9+/m1/s1. The lowest BCUT2D eigenvalue weighted by atomic mass is 9.68. The molecule has 0 radical (unpaired) electrons. The number of hydrogen-bond acceptors (Lipinski definition) is 3. The Morgan fingerprint density at radius 1 is 1.43 bits per heavy atom. The third kappa shape index (κ3) is 1.23. The van der Waals surface area contributed by atoms with Crippen LogP contribution in [0.2, 0.25) is 0 Å². The third-order valence-corrected chi connectivity index (χ3v) is 3.06. The van der Waals surface area contributed by atoms with Gasteiger partial charge in [-0.25, -0.2) is 0 Å². The van der Waals surface area contributed by atoms with Crippen molar-refractivity contribution in [3.63, 3.8) is 0 Å². The summed E-state index contributed by atoms with van der Waals surface area (Å²) in [6.07, 6.45) is 2.53. The molecular weight excluding hydrogens is 180 g/mol. The van der Waals surface area contributed by atoms with Crippen molar-refractivity contribution in [1.29, 1.82) is 0 Å². The third-order valence-electron chi connectivity index (χ3n) is 3.06. The van der Waals surface area contributed by atoms with Crippen molar-refractivity contribution in [1.82, 2.24) is 0 Å². The van der Waals surface area contributed by atoms with Crippen molar-refractivity contribution in [3.8, 4) is 0 Å². The summed E-state index contributed by atoms with van der Waals surface area (Å²) in [4.78, 5) is 23.0. The minimum Gasteiger partial charge on any atom is -0.377 e. The number of rotatable bonds is 2. The van der Waals surface area contributed by atoms with E-state index in [1.54, 1.807) is 0 Å². The Kier molecular flexibility index (Phi) is 2.27. The van der Waals surface area contributed by atoms with Crippen molar-refractivity contribution < 1.29 is 14.3 Å². The van der Waals surface area contributed by atoms with Crippen molar-refractivity contribution in [3.05, 3.63) is 11.6 Å². The summed E-state index contributed by atoms with van der Waals surface area (Å²) in [6.45, 7) is 4.42. The molecule has 76 valence electrons. The Balaban J connectivity index is 2.30. The topological polar surface area (TPSA) is 43.4 Å². The van der Waals surface area contributed by atoms with E-state index in [2.05, 4.69) is 0 Å². The number of hydrogen-bond donors (Lipinski definition) is 0. The second-order valence-corrected chi connectivity index (χ2v) is 3.95. The van der Waals surface area contributed by atoms with Crippen LogP contribution in [0.5, 0.6) is 0 Å². The van der Waals surface area contributed by atoms with Crippen LogP contribution in [0.4, 0.5) is 0 Å². The molecule has 2 bridgehead atoms. The molecule has 0 aromatic heterocycles. The molecule has 3 atom stereocenters. The molecule has 0 N–H and O–H groups in total.